The molecule has 1 aliphatic heterocycles. The van der Waals surface area contributed by atoms with Crippen LogP contribution in [-0.4, -0.2) is 31.7 Å². The van der Waals surface area contributed by atoms with Crippen LogP contribution in [0.3, 0.4) is 0 Å². The van der Waals surface area contributed by atoms with Gasteiger partial charge in [-0.25, -0.2) is 8.42 Å². The van der Waals surface area contributed by atoms with Gasteiger partial charge in [-0.2, -0.15) is 4.31 Å². The zero-order chi connectivity index (χ0) is 24.3. The number of rotatable bonds is 6. The van der Waals surface area contributed by atoms with Crippen LogP contribution in [0.4, 0.5) is 0 Å². The molecule has 1 heterocycles. The molecule has 3 aromatic rings. The zero-order valence-corrected chi connectivity index (χ0v) is 20.8. The number of carbonyl (C=O) groups excluding carboxylic acids is 1. The van der Waals surface area contributed by atoms with Gasteiger partial charge < -0.3 is 5.32 Å². The number of hydrogen-bond donors (Lipinski definition) is 1. The monoisotopic (exact) mass is 476 g/mol. The Morgan fingerprint density at radius 3 is 1.79 bits per heavy atom. The molecule has 0 atom stereocenters. The van der Waals surface area contributed by atoms with Crippen molar-refractivity contribution < 1.29 is 13.2 Å². The number of nitrogens with one attached hydrogen (secondary N) is 1. The first-order chi connectivity index (χ1) is 16.3. The number of benzene rings is 3. The van der Waals surface area contributed by atoms with E-state index in [0.717, 1.165) is 27.8 Å². The number of amides is 1. The summed E-state index contributed by atoms with van der Waals surface area (Å²) in [7, 11) is -3.60. The van der Waals surface area contributed by atoms with Gasteiger partial charge in [0.25, 0.3) is 0 Å². The number of hydrogen-bond acceptors (Lipinski definition) is 3. The first-order valence-electron chi connectivity index (χ1n) is 11.8. The second-order valence-electron chi connectivity index (χ2n) is 9.17. The van der Waals surface area contributed by atoms with Gasteiger partial charge >= 0.3 is 0 Å². The molecule has 178 valence electrons. The molecule has 0 unspecified atom stereocenters. The Morgan fingerprint density at radius 1 is 0.853 bits per heavy atom. The van der Waals surface area contributed by atoms with Crippen LogP contribution in [-0.2, 0) is 14.8 Å². The first kappa shape index (κ1) is 24.2. The van der Waals surface area contributed by atoms with E-state index >= 15 is 0 Å². The van der Waals surface area contributed by atoms with Gasteiger partial charge in [-0.1, -0.05) is 78.4 Å². The summed E-state index contributed by atoms with van der Waals surface area (Å²) < 4.78 is 28.3. The minimum Gasteiger partial charge on any atom is -0.345 e. The van der Waals surface area contributed by atoms with E-state index in [2.05, 4.69) is 5.32 Å². The molecule has 1 saturated heterocycles. The summed E-state index contributed by atoms with van der Waals surface area (Å²) in [4.78, 5) is 13.6. The molecule has 0 aliphatic carbocycles. The van der Waals surface area contributed by atoms with Gasteiger partial charge in [0.15, 0.2) is 0 Å². The van der Waals surface area contributed by atoms with E-state index in [0.29, 0.717) is 30.8 Å². The fourth-order valence-corrected chi connectivity index (χ4v) is 6.85. The Hall–Kier alpha value is -2.96. The summed E-state index contributed by atoms with van der Waals surface area (Å²) in [6.07, 6.45) is 1.01. The molecule has 4 rings (SSSR count). The van der Waals surface area contributed by atoms with Gasteiger partial charge in [-0.05, 0) is 55.9 Å². The summed E-state index contributed by atoms with van der Waals surface area (Å²) in [6, 6.07) is 23.4. The maximum atomic E-state index is 13.4. The van der Waals surface area contributed by atoms with E-state index in [-0.39, 0.29) is 17.9 Å². The molecular formula is C28H32N2O3S. The topological polar surface area (TPSA) is 66.5 Å². The Labute approximate surface area is 202 Å². The zero-order valence-electron chi connectivity index (χ0n) is 20.0. The Morgan fingerprint density at radius 2 is 1.32 bits per heavy atom. The van der Waals surface area contributed by atoms with Crippen molar-refractivity contribution in [2.24, 2.45) is 5.92 Å². The van der Waals surface area contributed by atoms with E-state index in [1.54, 1.807) is 0 Å². The van der Waals surface area contributed by atoms with Crippen LogP contribution in [0.5, 0.6) is 0 Å². The SMILES string of the molecule is Cc1cc(C)c(S(=O)(=O)N2CCC(C(=O)NC(c3ccccc3)c3ccccc3)CC2)c(C)c1. The van der Waals surface area contributed by atoms with E-state index < -0.39 is 10.0 Å². The lowest BCUT2D eigenvalue weighted by atomic mass is 9.94. The molecule has 1 N–H and O–H groups in total. The predicted molar refractivity (Wildman–Crippen MR) is 135 cm³/mol. The van der Waals surface area contributed by atoms with Gasteiger partial charge in [0.2, 0.25) is 15.9 Å². The highest BCUT2D eigenvalue weighted by atomic mass is 32.2. The van der Waals surface area contributed by atoms with Gasteiger partial charge in [-0.3, -0.25) is 4.79 Å². The van der Waals surface area contributed by atoms with Gasteiger partial charge in [-0.15, -0.1) is 0 Å². The average Bonchev–Trinajstić information content (AvgIpc) is 2.82. The van der Waals surface area contributed by atoms with Crippen molar-refractivity contribution in [2.75, 3.05) is 13.1 Å². The summed E-state index contributed by atoms with van der Waals surface area (Å²) in [6.45, 7) is 6.35. The van der Waals surface area contributed by atoms with Crippen molar-refractivity contribution >= 4 is 15.9 Å². The van der Waals surface area contributed by atoms with Crippen LogP contribution in [0.15, 0.2) is 77.7 Å². The molecule has 0 spiro atoms. The quantitative estimate of drug-likeness (QED) is 0.549. The average molecular weight is 477 g/mol. The van der Waals surface area contributed by atoms with Crippen LogP contribution in [0, 0.1) is 26.7 Å². The van der Waals surface area contributed by atoms with Crippen molar-refractivity contribution in [2.45, 2.75) is 44.6 Å². The lowest BCUT2D eigenvalue weighted by molar-refractivity contribution is -0.126. The van der Waals surface area contributed by atoms with Gasteiger partial charge in [0.1, 0.15) is 0 Å². The Bertz CT molecular complexity index is 1190. The normalized spacial score (nSPS) is 15.4. The van der Waals surface area contributed by atoms with Crippen LogP contribution in [0.1, 0.15) is 46.7 Å². The molecule has 3 aromatic carbocycles. The molecule has 1 fully saturated rings. The van der Waals surface area contributed by atoms with Crippen LogP contribution in [0.25, 0.3) is 0 Å². The standard InChI is InChI=1S/C28H32N2O3S/c1-20-18-21(2)27(22(3)19-20)34(32,33)30-16-14-25(15-17-30)28(31)29-26(23-10-6-4-7-11-23)24-12-8-5-9-13-24/h4-13,18-19,25-26H,14-17H2,1-3H3,(H,29,31). The summed E-state index contributed by atoms with van der Waals surface area (Å²) in [5.74, 6) is -0.251. The fraction of sp³-hybridized carbons (Fsp3) is 0.321. The number of nitrogens with zero attached hydrogens (tertiary/aromatic N) is 1. The second kappa shape index (κ2) is 10.1. The molecule has 0 aromatic heterocycles. The van der Waals surface area contributed by atoms with Crippen molar-refractivity contribution in [1.29, 1.82) is 0 Å². The molecule has 1 amide bonds. The van der Waals surface area contributed by atoms with Crippen molar-refractivity contribution in [1.82, 2.24) is 9.62 Å². The second-order valence-corrected chi connectivity index (χ2v) is 11.0. The maximum Gasteiger partial charge on any atom is 0.243 e. The predicted octanol–water partition coefficient (Wildman–Crippen LogP) is 4.92. The van der Waals surface area contributed by atoms with Crippen molar-refractivity contribution in [3.8, 4) is 0 Å². The third-order valence-corrected chi connectivity index (χ3v) is 8.78. The summed E-state index contributed by atoms with van der Waals surface area (Å²) >= 11 is 0. The number of aryl methyl sites for hydroxylation is 3. The summed E-state index contributed by atoms with van der Waals surface area (Å²) in [5, 5.41) is 3.22. The highest BCUT2D eigenvalue weighted by Crippen LogP contribution is 2.30. The molecule has 1 aliphatic rings. The van der Waals surface area contributed by atoms with E-state index in [1.165, 1.54) is 4.31 Å². The number of sulfonamides is 1. The highest BCUT2D eigenvalue weighted by molar-refractivity contribution is 7.89. The third-order valence-electron chi connectivity index (χ3n) is 6.58. The van der Waals surface area contributed by atoms with E-state index in [4.69, 9.17) is 0 Å². The number of piperidine rings is 1. The van der Waals surface area contributed by atoms with Crippen LogP contribution >= 0.6 is 0 Å². The molecule has 6 heteroatoms. The van der Waals surface area contributed by atoms with Crippen LogP contribution < -0.4 is 5.32 Å². The van der Waals surface area contributed by atoms with Gasteiger partial charge in [0.05, 0.1) is 10.9 Å². The van der Waals surface area contributed by atoms with Crippen molar-refractivity contribution in [3.05, 3.63) is 101 Å². The van der Waals surface area contributed by atoms with E-state index in [1.807, 2.05) is 93.6 Å². The minimum atomic E-state index is -3.60. The Kier molecular flexibility index (Phi) is 7.19. The van der Waals surface area contributed by atoms with Crippen molar-refractivity contribution in [3.63, 3.8) is 0 Å². The molecule has 5 nitrogen and oxygen atoms in total. The largest absolute Gasteiger partial charge is 0.345 e. The number of carbonyl (C=O) groups is 1. The fourth-order valence-electron chi connectivity index (χ4n) is 4.97. The molecular weight excluding hydrogens is 444 g/mol. The Balaban J connectivity index is 1.47. The first-order valence-corrected chi connectivity index (χ1v) is 13.2. The summed E-state index contributed by atoms with van der Waals surface area (Å²) in [5.41, 5.74) is 4.63. The minimum absolute atomic E-state index is 0.0301. The lowest BCUT2D eigenvalue weighted by Gasteiger charge is -2.32. The molecule has 34 heavy (non-hydrogen) atoms. The highest BCUT2D eigenvalue weighted by Gasteiger charge is 2.34. The molecule has 0 radical (unpaired) electrons. The lowest BCUT2D eigenvalue weighted by Crippen LogP contribution is -2.44. The molecule has 0 bridgehead atoms. The third kappa shape index (κ3) is 5.08. The van der Waals surface area contributed by atoms with Gasteiger partial charge in [0, 0.05) is 19.0 Å². The smallest absolute Gasteiger partial charge is 0.243 e. The maximum absolute atomic E-state index is 13.4. The van der Waals surface area contributed by atoms with E-state index in [9.17, 15) is 13.2 Å². The molecule has 0 saturated carbocycles. The van der Waals surface area contributed by atoms with Crippen LogP contribution in [0.2, 0.25) is 0 Å².